The first-order valence-electron chi connectivity index (χ1n) is 12.5. The molecule has 0 unspecified atom stereocenters. The first-order valence-corrected chi connectivity index (χ1v) is 13.2. The zero-order chi connectivity index (χ0) is 23.5. The summed E-state index contributed by atoms with van der Waals surface area (Å²) in [7, 11) is 0. The summed E-state index contributed by atoms with van der Waals surface area (Å²) in [6, 6.07) is 8.84. The summed E-state index contributed by atoms with van der Waals surface area (Å²) in [5.41, 5.74) is 2.09. The smallest absolute Gasteiger partial charge is 0.246 e. The Kier molecular flexibility index (Phi) is 7.02. The van der Waals surface area contributed by atoms with Crippen LogP contribution >= 0.6 is 11.5 Å². The number of piperidine rings is 1. The molecule has 1 aromatic carbocycles. The Bertz CT molecular complexity index is 1160. The lowest BCUT2D eigenvalue weighted by Gasteiger charge is -2.39. The molecule has 4 heterocycles. The van der Waals surface area contributed by atoms with Crippen LogP contribution in [0.15, 0.2) is 41.0 Å². The quantitative estimate of drug-likeness (QED) is 0.461. The van der Waals surface area contributed by atoms with Gasteiger partial charge in [-0.1, -0.05) is 12.1 Å². The molecule has 2 saturated heterocycles. The first kappa shape index (κ1) is 23.1. The van der Waals surface area contributed by atoms with E-state index in [0.717, 1.165) is 81.2 Å². The number of nitrogens with zero attached hydrogens (tertiary/aromatic N) is 4. The molecule has 0 saturated carbocycles. The zero-order valence-electron chi connectivity index (χ0n) is 20.2. The third-order valence-corrected chi connectivity index (χ3v) is 8.27. The maximum absolute atomic E-state index is 13.0. The number of hydrogen-bond acceptors (Lipinski definition) is 6. The van der Waals surface area contributed by atoms with Crippen molar-refractivity contribution in [3.05, 3.63) is 53.5 Å². The number of rotatable bonds is 6. The average molecular weight is 479 g/mol. The Morgan fingerprint density at radius 3 is 2.76 bits per heavy atom. The van der Waals surface area contributed by atoms with E-state index in [1.165, 1.54) is 16.5 Å². The van der Waals surface area contributed by atoms with Gasteiger partial charge in [-0.25, -0.2) is 0 Å². The van der Waals surface area contributed by atoms with E-state index in [4.69, 9.17) is 8.79 Å². The molecule has 0 bridgehead atoms. The summed E-state index contributed by atoms with van der Waals surface area (Å²) >= 11 is 1.59. The lowest BCUT2D eigenvalue weighted by molar-refractivity contribution is -0.129. The van der Waals surface area contributed by atoms with Gasteiger partial charge in [0.1, 0.15) is 11.6 Å². The standard InChI is InChI=1S/C27H34N4O2S/c1-20-21(2)33-19-22(20)10-11-26(32)31-13-6-5-7-23(31)12-14-29-15-17-30(18-16-29)27-24-8-3-4-9-25(24)34-28-27/h3-4,8-11,19,23H,5-7,12-18H2,1-2H3/b11-10+/t23-/m0/s1. The number of carbonyl (C=O) groups is 1. The van der Waals surface area contributed by atoms with Crippen LogP contribution in [0.2, 0.25) is 0 Å². The molecule has 0 spiro atoms. The largest absolute Gasteiger partial charge is 0.469 e. The van der Waals surface area contributed by atoms with Crippen LogP contribution in [-0.4, -0.2) is 65.4 Å². The number of furan rings is 1. The van der Waals surface area contributed by atoms with Gasteiger partial charge >= 0.3 is 0 Å². The Morgan fingerprint density at radius 1 is 1.15 bits per heavy atom. The van der Waals surface area contributed by atoms with Crippen molar-refractivity contribution in [2.24, 2.45) is 0 Å². The predicted octanol–water partition coefficient (Wildman–Crippen LogP) is 5.11. The Hall–Kier alpha value is -2.64. The lowest BCUT2D eigenvalue weighted by Crippen LogP contribution is -2.49. The molecule has 3 aromatic rings. The Labute approximate surface area is 206 Å². The van der Waals surface area contributed by atoms with Gasteiger partial charge in [0.05, 0.1) is 11.0 Å². The molecule has 7 heteroatoms. The number of fused-ring (bicyclic) bond motifs is 1. The van der Waals surface area contributed by atoms with Crippen molar-refractivity contribution in [2.75, 3.05) is 44.2 Å². The van der Waals surface area contributed by atoms with Crippen molar-refractivity contribution in [3.8, 4) is 0 Å². The van der Waals surface area contributed by atoms with Crippen molar-refractivity contribution in [1.29, 1.82) is 0 Å². The highest BCUT2D eigenvalue weighted by Crippen LogP contribution is 2.30. The number of benzene rings is 1. The van der Waals surface area contributed by atoms with Crippen molar-refractivity contribution in [2.45, 2.75) is 45.6 Å². The average Bonchev–Trinajstić information content (AvgIpc) is 3.45. The van der Waals surface area contributed by atoms with Gasteiger partial charge in [-0.3, -0.25) is 9.69 Å². The Balaban J connectivity index is 1.14. The maximum Gasteiger partial charge on any atom is 0.246 e. The number of piperazine rings is 1. The van der Waals surface area contributed by atoms with Gasteiger partial charge in [0.25, 0.3) is 0 Å². The number of aromatic nitrogens is 1. The highest BCUT2D eigenvalue weighted by atomic mass is 32.1. The number of aryl methyl sites for hydroxylation is 1. The second-order valence-corrected chi connectivity index (χ2v) is 10.3. The van der Waals surface area contributed by atoms with E-state index in [-0.39, 0.29) is 5.91 Å². The van der Waals surface area contributed by atoms with E-state index in [2.05, 4.69) is 39.0 Å². The van der Waals surface area contributed by atoms with Gasteiger partial charge in [-0.15, -0.1) is 0 Å². The summed E-state index contributed by atoms with van der Waals surface area (Å²) in [5.74, 6) is 2.17. The molecule has 2 aliphatic heterocycles. The van der Waals surface area contributed by atoms with Gasteiger partial charge in [-0.05, 0) is 74.8 Å². The molecule has 34 heavy (non-hydrogen) atoms. The molecule has 180 valence electrons. The molecular weight excluding hydrogens is 444 g/mol. The fraction of sp³-hybridized carbons (Fsp3) is 0.481. The van der Waals surface area contributed by atoms with Crippen LogP contribution in [0.4, 0.5) is 5.82 Å². The highest BCUT2D eigenvalue weighted by Gasteiger charge is 2.27. The maximum atomic E-state index is 13.0. The molecule has 1 amide bonds. The van der Waals surface area contributed by atoms with E-state index in [0.29, 0.717) is 6.04 Å². The Morgan fingerprint density at radius 2 is 1.97 bits per heavy atom. The molecule has 2 aliphatic rings. The molecular formula is C27H34N4O2S. The van der Waals surface area contributed by atoms with Crippen LogP contribution < -0.4 is 4.90 Å². The minimum absolute atomic E-state index is 0.128. The molecule has 1 atom stereocenters. The van der Waals surface area contributed by atoms with E-state index >= 15 is 0 Å². The van der Waals surface area contributed by atoms with Gasteiger partial charge < -0.3 is 14.2 Å². The number of hydrogen-bond donors (Lipinski definition) is 0. The summed E-state index contributed by atoms with van der Waals surface area (Å²) in [6.45, 7) is 10.0. The molecule has 5 rings (SSSR count). The highest BCUT2D eigenvalue weighted by molar-refractivity contribution is 7.13. The third kappa shape index (κ3) is 4.91. The normalized spacial score (nSPS) is 20.0. The van der Waals surface area contributed by atoms with Crippen LogP contribution in [0.25, 0.3) is 16.2 Å². The molecule has 0 radical (unpaired) electrons. The molecule has 2 aromatic heterocycles. The summed E-state index contributed by atoms with van der Waals surface area (Å²) in [4.78, 5) is 20.1. The summed E-state index contributed by atoms with van der Waals surface area (Å²) < 4.78 is 11.5. The molecule has 6 nitrogen and oxygen atoms in total. The number of amides is 1. The van der Waals surface area contributed by atoms with Crippen LogP contribution in [0, 0.1) is 13.8 Å². The summed E-state index contributed by atoms with van der Waals surface area (Å²) in [6.07, 6.45) is 9.82. The van der Waals surface area contributed by atoms with Crippen LogP contribution in [0.3, 0.4) is 0 Å². The fourth-order valence-corrected chi connectivity index (χ4v) is 5.96. The topological polar surface area (TPSA) is 52.8 Å². The van der Waals surface area contributed by atoms with Gasteiger partial charge in [0.15, 0.2) is 0 Å². The second-order valence-electron chi connectivity index (χ2n) is 9.51. The van der Waals surface area contributed by atoms with E-state index in [1.54, 1.807) is 23.9 Å². The lowest BCUT2D eigenvalue weighted by atomic mass is 9.98. The second kappa shape index (κ2) is 10.3. The third-order valence-electron chi connectivity index (χ3n) is 7.45. The zero-order valence-corrected chi connectivity index (χ0v) is 21.0. The van der Waals surface area contributed by atoms with Crippen LogP contribution in [0.1, 0.15) is 42.6 Å². The van der Waals surface area contributed by atoms with E-state index < -0.39 is 0 Å². The first-order chi connectivity index (χ1) is 16.6. The van der Waals surface area contributed by atoms with Gasteiger partial charge in [-0.2, -0.15) is 4.37 Å². The fourth-order valence-electron chi connectivity index (χ4n) is 5.16. The number of carbonyl (C=O) groups excluding carboxylic acids is 1. The summed E-state index contributed by atoms with van der Waals surface area (Å²) in [5, 5.41) is 1.27. The van der Waals surface area contributed by atoms with Crippen molar-refractivity contribution < 1.29 is 9.21 Å². The minimum Gasteiger partial charge on any atom is -0.469 e. The van der Waals surface area contributed by atoms with Crippen LogP contribution in [-0.2, 0) is 4.79 Å². The number of likely N-dealkylation sites (tertiary alicyclic amines) is 1. The molecule has 0 N–H and O–H groups in total. The van der Waals surface area contributed by atoms with E-state index in [1.807, 2.05) is 19.9 Å². The van der Waals surface area contributed by atoms with Crippen molar-refractivity contribution >= 4 is 39.4 Å². The van der Waals surface area contributed by atoms with Crippen LogP contribution in [0.5, 0.6) is 0 Å². The molecule has 0 aliphatic carbocycles. The van der Waals surface area contributed by atoms with Crippen molar-refractivity contribution in [1.82, 2.24) is 14.2 Å². The number of anilines is 1. The van der Waals surface area contributed by atoms with E-state index in [9.17, 15) is 4.79 Å². The monoisotopic (exact) mass is 478 g/mol. The van der Waals surface area contributed by atoms with Crippen molar-refractivity contribution in [3.63, 3.8) is 0 Å². The predicted molar refractivity (Wildman–Crippen MR) is 139 cm³/mol. The molecule has 2 fully saturated rings. The SMILES string of the molecule is Cc1occ(/C=C/C(=O)N2CCCC[C@H]2CCN2CCN(c3nsc4ccccc34)CC2)c1C. The van der Waals surface area contributed by atoms with Gasteiger partial charge in [0.2, 0.25) is 5.91 Å². The minimum atomic E-state index is 0.128. The van der Waals surface area contributed by atoms with Gasteiger partial charge in [0, 0.05) is 62.3 Å².